The number of aromatic nitrogens is 4. The molecule has 0 fully saturated rings. The smallest absolute Gasteiger partial charge is 0.309 e. The second kappa shape index (κ2) is 8.17. The molecule has 3 rings (SSSR count). The number of carbonyl (C=O) groups is 1. The van der Waals surface area contributed by atoms with Crippen molar-refractivity contribution in [3.05, 3.63) is 68.9 Å². The molecule has 0 atom stereocenters. The molecule has 0 aliphatic rings. The molecule has 0 saturated heterocycles. The summed E-state index contributed by atoms with van der Waals surface area (Å²) in [4.78, 5) is 22.4. The summed E-state index contributed by atoms with van der Waals surface area (Å²) in [7, 11) is 0. The summed E-state index contributed by atoms with van der Waals surface area (Å²) in [6.45, 7) is 1.88. The number of carbonyl (C=O) groups excluding carboxylic acids is 1. The van der Waals surface area contributed by atoms with Crippen LogP contribution in [0.4, 0.5) is 15.9 Å². The van der Waals surface area contributed by atoms with E-state index < -0.39 is 10.7 Å². The van der Waals surface area contributed by atoms with Gasteiger partial charge in [0.2, 0.25) is 5.91 Å². The van der Waals surface area contributed by atoms with Crippen molar-refractivity contribution >= 4 is 29.0 Å². The number of rotatable bonds is 7. The molecule has 9 nitrogen and oxygen atoms in total. The van der Waals surface area contributed by atoms with Gasteiger partial charge in [0.15, 0.2) is 5.82 Å². The molecular weight excluding hydrogens is 391 g/mol. The summed E-state index contributed by atoms with van der Waals surface area (Å²) in [5.41, 5.74) is 0.593. The monoisotopic (exact) mass is 406 g/mol. The topological polar surface area (TPSA) is 108 Å². The van der Waals surface area contributed by atoms with E-state index in [1.807, 2.05) is 0 Å². The van der Waals surface area contributed by atoms with Crippen LogP contribution in [0.5, 0.6) is 0 Å². The molecule has 0 saturated carbocycles. The largest absolute Gasteiger partial charge is 0.309 e. The van der Waals surface area contributed by atoms with E-state index in [1.54, 1.807) is 25.3 Å². The number of halogens is 2. The predicted octanol–water partition coefficient (Wildman–Crippen LogP) is 3.17. The Morgan fingerprint density at radius 2 is 2.18 bits per heavy atom. The highest BCUT2D eigenvalue weighted by atomic mass is 35.5. The second-order valence-electron chi connectivity index (χ2n) is 5.99. The number of nitro groups is 1. The van der Waals surface area contributed by atoms with Gasteiger partial charge in [-0.05, 0) is 19.1 Å². The summed E-state index contributed by atoms with van der Waals surface area (Å²) in [5, 5.41) is 21.8. The molecule has 11 heteroatoms. The zero-order valence-electron chi connectivity index (χ0n) is 14.8. The summed E-state index contributed by atoms with van der Waals surface area (Å²) >= 11 is 6.00. The van der Waals surface area contributed by atoms with E-state index in [-0.39, 0.29) is 31.1 Å². The van der Waals surface area contributed by atoms with Crippen LogP contribution >= 0.6 is 11.6 Å². The minimum absolute atomic E-state index is 0.0612. The zero-order valence-corrected chi connectivity index (χ0v) is 15.6. The highest BCUT2D eigenvalue weighted by Crippen LogP contribution is 2.20. The predicted molar refractivity (Wildman–Crippen MR) is 99.6 cm³/mol. The minimum atomic E-state index is -0.520. The number of benzene rings is 1. The summed E-state index contributed by atoms with van der Waals surface area (Å²) in [6.07, 6.45) is 2.81. The maximum absolute atomic E-state index is 13.9. The van der Waals surface area contributed by atoms with E-state index in [9.17, 15) is 19.3 Å². The van der Waals surface area contributed by atoms with Gasteiger partial charge in [0.1, 0.15) is 17.7 Å². The molecule has 1 amide bonds. The van der Waals surface area contributed by atoms with Gasteiger partial charge in [0.05, 0.1) is 18.0 Å². The van der Waals surface area contributed by atoms with Crippen LogP contribution in [-0.2, 0) is 17.9 Å². The van der Waals surface area contributed by atoms with Crippen LogP contribution in [-0.4, -0.2) is 30.4 Å². The Morgan fingerprint density at radius 1 is 1.39 bits per heavy atom. The molecular formula is C17H16ClFN6O3. The van der Waals surface area contributed by atoms with E-state index in [0.717, 1.165) is 6.20 Å². The zero-order chi connectivity index (χ0) is 20.3. The number of hydrogen-bond acceptors (Lipinski definition) is 5. The maximum Gasteiger partial charge on any atom is 0.309 e. The summed E-state index contributed by atoms with van der Waals surface area (Å²) in [6, 6.07) is 6.01. The lowest BCUT2D eigenvalue weighted by atomic mass is 10.2. The van der Waals surface area contributed by atoms with Crippen LogP contribution in [0.3, 0.4) is 0 Å². The minimum Gasteiger partial charge on any atom is -0.309 e. The Morgan fingerprint density at radius 3 is 2.86 bits per heavy atom. The molecule has 2 heterocycles. The van der Waals surface area contributed by atoms with Crippen LogP contribution < -0.4 is 5.32 Å². The highest BCUT2D eigenvalue weighted by molar-refractivity contribution is 6.31. The Kier molecular flexibility index (Phi) is 5.69. The Hall–Kier alpha value is -3.27. The molecule has 28 heavy (non-hydrogen) atoms. The summed E-state index contributed by atoms with van der Waals surface area (Å²) in [5.74, 6) is -0.454. The fourth-order valence-electron chi connectivity index (χ4n) is 2.62. The lowest BCUT2D eigenvalue weighted by Crippen LogP contribution is -2.16. The standard InChI is InChI=1S/C17H16ClFN6O3/c1-11-15(25(27)28)9-20-24(11)8-6-17(26)21-16-5-7-23(22-16)10-12-13(18)3-2-4-14(12)19/h2-5,7,9H,6,8,10H2,1H3,(H,21,22,26). The fourth-order valence-corrected chi connectivity index (χ4v) is 2.84. The van der Waals surface area contributed by atoms with Gasteiger partial charge in [-0.15, -0.1) is 0 Å². The van der Waals surface area contributed by atoms with Crippen molar-refractivity contribution in [1.29, 1.82) is 0 Å². The molecule has 0 radical (unpaired) electrons. The van der Waals surface area contributed by atoms with Crippen molar-refractivity contribution in [3.8, 4) is 0 Å². The Labute approximate surface area is 163 Å². The normalized spacial score (nSPS) is 10.8. The van der Waals surface area contributed by atoms with Crippen molar-refractivity contribution < 1.29 is 14.1 Å². The third-order valence-corrected chi connectivity index (χ3v) is 4.47. The van der Waals surface area contributed by atoms with Gasteiger partial charge in [-0.25, -0.2) is 4.39 Å². The van der Waals surface area contributed by atoms with E-state index in [0.29, 0.717) is 22.1 Å². The van der Waals surface area contributed by atoms with Crippen molar-refractivity contribution in [3.63, 3.8) is 0 Å². The first-order chi connectivity index (χ1) is 13.3. The van der Waals surface area contributed by atoms with Gasteiger partial charge >= 0.3 is 5.69 Å². The van der Waals surface area contributed by atoms with Crippen LogP contribution in [0.15, 0.2) is 36.7 Å². The molecule has 1 aromatic carbocycles. The molecule has 0 unspecified atom stereocenters. The van der Waals surface area contributed by atoms with Crippen molar-refractivity contribution in [2.24, 2.45) is 0 Å². The molecule has 0 aliphatic heterocycles. The van der Waals surface area contributed by atoms with E-state index in [2.05, 4.69) is 15.5 Å². The molecule has 146 valence electrons. The first kappa shape index (κ1) is 19.5. The fraction of sp³-hybridized carbons (Fsp3) is 0.235. The van der Waals surface area contributed by atoms with Crippen LogP contribution in [0.2, 0.25) is 5.02 Å². The quantitative estimate of drug-likeness (QED) is 0.479. The average molecular weight is 407 g/mol. The van der Waals surface area contributed by atoms with Gasteiger partial charge in [-0.3, -0.25) is 24.3 Å². The highest BCUT2D eigenvalue weighted by Gasteiger charge is 2.17. The van der Waals surface area contributed by atoms with Crippen LogP contribution in [0.1, 0.15) is 17.7 Å². The second-order valence-corrected chi connectivity index (χ2v) is 6.40. The first-order valence-electron chi connectivity index (χ1n) is 8.28. The lowest BCUT2D eigenvalue weighted by molar-refractivity contribution is -0.385. The number of nitrogens with zero attached hydrogens (tertiary/aromatic N) is 5. The molecule has 1 N–H and O–H groups in total. The van der Waals surface area contributed by atoms with Crippen LogP contribution in [0, 0.1) is 22.9 Å². The number of amides is 1. The number of nitrogens with one attached hydrogen (secondary N) is 1. The van der Waals surface area contributed by atoms with Gasteiger partial charge in [0.25, 0.3) is 0 Å². The molecule has 2 aromatic heterocycles. The van der Waals surface area contributed by atoms with Crippen molar-refractivity contribution in [2.75, 3.05) is 5.32 Å². The Bertz CT molecular complexity index is 1010. The van der Waals surface area contributed by atoms with Gasteiger partial charge in [0, 0.05) is 29.3 Å². The SMILES string of the molecule is Cc1c([N+](=O)[O-])cnn1CCC(=O)Nc1ccn(Cc2c(F)cccc2Cl)n1. The number of hydrogen-bond donors (Lipinski definition) is 1. The maximum atomic E-state index is 13.9. The van der Waals surface area contributed by atoms with Crippen molar-refractivity contribution in [1.82, 2.24) is 19.6 Å². The summed E-state index contributed by atoms with van der Waals surface area (Å²) < 4.78 is 16.7. The molecule has 0 spiro atoms. The average Bonchev–Trinajstić information content (AvgIpc) is 3.23. The van der Waals surface area contributed by atoms with Gasteiger partial charge in [-0.1, -0.05) is 17.7 Å². The first-order valence-corrected chi connectivity index (χ1v) is 8.66. The van der Waals surface area contributed by atoms with Gasteiger partial charge in [-0.2, -0.15) is 10.2 Å². The van der Waals surface area contributed by atoms with E-state index in [4.69, 9.17) is 11.6 Å². The van der Waals surface area contributed by atoms with Gasteiger partial charge < -0.3 is 5.32 Å². The Balaban J connectivity index is 1.58. The van der Waals surface area contributed by atoms with Crippen molar-refractivity contribution in [2.45, 2.75) is 26.4 Å². The third-order valence-electron chi connectivity index (χ3n) is 4.11. The van der Waals surface area contributed by atoms with Crippen LogP contribution in [0.25, 0.3) is 0 Å². The molecule has 0 bridgehead atoms. The van der Waals surface area contributed by atoms with E-state index >= 15 is 0 Å². The lowest BCUT2D eigenvalue weighted by Gasteiger charge is -2.06. The molecule has 3 aromatic rings. The van der Waals surface area contributed by atoms with E-state index in [1.165, 1.54) is 21.5 Å². The molecule has 0 aliphatic carbocycles. The number of anilines is 1. The third kappa shape index (κ3) is 4.34. The number of aryl methyl sites for hydroxylation is 1.